The molecule has 2 rings (SSSR count). The van der Waals surface area contributed by atoms with Crippen molar-refractivity contribution in [3.05, 3.63) is 0 Å². The van der Waals surface area contributed by atoms with Gasteiger partial charge >= 0.3 is 0 Å². The molecule has 0 unspecified atom stereocenters. The van der Waals surface area contributed by atoms with E-state index in [9.17, 15) is 0 Å². The third kappa shape index (κ3) is 3.62. The van der Waals surface area contributed by atoms with Crippen LogP contribution in [0.25, 0.3) is 0 Å². The van der Waals surface area contributed by atoms with Gasteiger partial charge in [-0.3, -0.25) is 0 Å². The summed E-state index contributed by atoms with van der Waals surface area (Å²) in [5.41, 5.74) is 6.10. The summed E-state index contributed by atoms with van der Waals surface area (Å²) in [6.45, 7) is 0.739. The van der Waals surface area contributed by atoms with Crippen LogP contribution in [0.4, 0.5) is 0 Å². The predicted octanol–water partition coefficient (Wildman–Crippen LogP) is 2.01. The average Bonchev–Trinajstić information content (AvgIpc) is 3.15. The van der Waals surface area contributed by atoms with Gasteiger partial charge in [0.2, 0.25) is 0 Å². The molecule has 0 amide bonds. The summed E-state index contributed by atoms with van der Waals surface area (Å²) in [5, 5.41) is 8.66. The summed E-state index contributed by atoms with van der Waals surface area (Å²) in [7, 11) is 0. The Balaban J connectivity index is 1.91. The smallest absolute Gasteiger partial charge is 0.191 e. The highest BCUT2D eigenvalue weighted by molar-refractivity contribution is 5.79. The fourth-order valence-electron chi connectivity index (χ4n) is 2.51. The quantitative estimate of drug-likeness (QED) is 0.597. The van der Waals surface area contributed by atoms with Gasteiger partial charge in [0.15, 0.2) is 5.96 Å². The lowest BCUT2D eigenvalue weighted by Crippen LogP contribution is -2.40. The standard InChI is InChI=1S/C13H22N4/c14-9-4-10-17(12-7-8-12)13(15)16-11-5-2-1-3-6-11/h11-12H,1-8,10H2,(H2,15,16). The molecule has 94 valence electrons. The van der Waals surface area contributed by atoms with Crippen LogP contribution in [0.15, 0.2) is 4.99 Å². The van der Waals surface area contributed by atoms with Crippen molar-refractivity contribution in [2.24, 2.45) is 10.7 Å². The molecule has 2 N–H and O–H groups in total. The van der Waals surface area contributed by atoms with E-state index in [0.29, 0.717) is 24.5 Å². The molecular weight excluding hydrogens is 212 g/mol. The molecule has 0 atom stereocenters. The number of nitrogens with two attached hydrogens (primary N) is 1. The van der Waals surface area contributed by atoms with Crippen LogP contribution in [0.5, 0.6) is 0 Å². The normalized spacial score (nSPS) is 22.2. The lowest BCUT2D eigenvalue weighted by atomic mass is 9.96. The van der Waals surface area contributed by atoms with E-state index in [-0.39, 0.29) is 0 Å². The first-order chi connectivity index (χ1) is 8.31. The van der Waals surface area contributed by atoms with Gasteiger partial charge < -0.3 is 10.6 Å². The van der Waals surface area contributed by atoms with E-state index in [1.165, 1.54) is 44.9 Å². The summed E-state index contributed by atoms with van der Waals surface area (Å²) >= 11 is 0. The first-order valence-corrected chi connectivity index (χ1v) is 6.78. The molecule has 4 heteroatoms. The Morgan fingerprint density at radius 3 is 2.53 bits per heavy atom. The van der Waals surface area contributed by atoms with E-state index in [0.717, 1.165) is 6.54 Å². The Labute approximate surface area is 103 Å². The van der Waals surface area contributed by atoms with Crippen LogP contribution in [0.2, 0.25) is 0 Å². The molecular formula is C13H22N4. The van der Waals surface area contributed by atoms with Crippen molar-refractivity contribution < 1.29 is 0 Å². The fourth-order valence-corrected chi connectivity index (χ4v) is 2.51. The number of nitriles is 1. The van der Waals surface area contributed by atoms with Gasteiger partial charge in [0.05, 0.1) is 18.5 Å². The van der Waals surface area contributed by atoms with Crippen molar-refractivity contribution in [3.8, 4) is 6.07 Å². The number of aliphatic imine (C=N–C) groups is 1. The van der Waals surface area contributed by atoms with Crippen LogP contribution in [-0.2, 0) is 0 Å². The Morgan fingerprint density at radius 1 is 1.24 bits per heavy atom. The number of nitrogens with zero attached hydrogens (tertiary/aromatic N) is 3. The van der Waals surface area contributed by atoms with Crippen LogP contribution in [0.1, 0.15) is 51.4 Å². The molecule has 0 aromatic heterocycles. The molecule has 0 bridgehead atoms. The van der Waals surface area contributed by atoms with Crippen LogP contribution in [-0.4, -0.2) is 29.5 Å². The third-order valence-electron chi connectivity index (χ3n) is 3.64. The molecule has 2 aliphatic rings. The lowest BCUT2D eigenvalue weighted by molar-refractivity contribution is 0.395. The van der Waals surface area contributed by atoms with Crippen molar-refractivity contribution in [1.29, 1.82) is 5.26 Å². The molecule has 2 saturated carbocycles. The average molecular weight is 234 g/mol. The molecule has 0 aromatic rings. The molecule has 0 saturated heterocycles. The molecule has 0 spiro atoms. The second kappa shape index (κ2) is 5.90. The van der Waals surface area contributed by atoms with E-state index in [4.69, 9.17) is 11.0 Å². The first kappa shape index (κ1) is 12.2. The molecule has 4 nitrogen and oxygen atoms in total. The summed E-state index contributed by atoms with van der Waals surface area (Å²) in [4.78, 5) is 6.80. The topological polar surface area (TPSA) is 65.4 Å². The van der Waals surface area contributed by atoms with E-state index in [1.807, 2.05) is 0 Å². The number of rotatable bonds is 4. The zero-order valence-corrected chi connectivity index (χ0v) is 10.4. The molecule has 0 aromatic carbocycles. The van der Waals surface area contributed by atoms with Gasteiger partial charge in [0.1, 0.15) is 0 Å². The van der Waals surface area contributed by atoms with Crippen molar-refractivity contribution >= 4 is 5.96 Å². The molecule has 0 aliphatic heterocycles. The predicted molar refractivity (Wildman–Crippen MR) is 68.5 cm³/mol. The Hall–Kier alpha value is -1.24. The fraction of sp³-hybridized carbons (Fsp3) is 0.846. The van der Waals surface area contributed by atoms with Gasteiger partial charge in [-0.1, -0.05) is 19.3 Å². The second-order valence-electron chi connectivity index (χ2n) is 5.11. The zero-order valence-electron chi connectivity index (χ0n) is 10.4. The van der Waals surface area contributed by atoms with E-state index >= 15 is 0 Å². The highest BCUT2D eigenvalue weighted by Gasteiger charge is 2.30. The Morgan fingerprint density at radius 2 is 1.94 bits per heavy atom. The number of hydrogen-bond donors (Lipinski definition) is 1. The molecule has 17 heavy (non-hydrogen) atoms. The van der Waals surface area contributed by atoms with Crippen LogP contribution in [0, 0.1) is 11.3 Å². The SMILES string of the molecule is N#CCCN(C(N)=NC1CCCCC1)C1CC1. The lowest BCUT2D eigenvalue weighted by Gasteiger charge is -2.25. The maximum atomic E-state index is 8.66. The molecule has 0 radical (unpaired) electrons. The number of guanidine groups is 1. The van der Waals surface area contributed by atoms with Gasteiger partial charge in [-0.15, -0.1) is 0 Å². The Kier molecular flexibility index (Phi) is 4.24. The van der Waals surface area contributed by atoms with Crippen LogP contribution in [0.3, 0.4) is 0 Å². The maximum absolute atomic E-state index is 8.66. The van der Waals surface area contributed by atoms with Crippen LogP contribution >= 0.6 is 0 Å². The van der Waals surface area contributed by atoms with Crippen molar-refractivity contribution in [2.45, 2.75) is 63.5 Å². The van der Waals surface area contributed by atoms with Gasteiger partial charge in [0.25, 0.3) is 0 Å². The van der Waals surface area contributed by atoms with Crippen molar-refractivity contribution in [2.75, 3.05) is 6.54 Å². The number of hydrogen-bond acceptors (Lipinski definition) is 2. The maximum Gasteiger partial charge on any atom is 0.191 e. The van der Waals surface area contributed by atoms with Gasteiger partial charge in [-0.25, -0.2) is 4.99 Å². The highest BCUT2D eigenvalue weighted by Crippen LogP contribution is 2.27. The molecule has 2 aliphatic carbocycles. The summed E-state index contributed by atoms with van der Waals surface area (Å²) in [5.74, 6) is 0.676. The minimum atomic E-state index is 0.423. The third-order valence-corrected chi connectivity index (χ3v) is 3.64. The minimum Gasteiger partial charge on any atom is -0.370 e. The molecule has 0 heterocycles. The zero-order chi connectivity index (χ0) is 12.1. The van der Waals surface area contributed by atoms with Gasteiger partial charge in [-0.05, 0) is 25.7 Å². The van der Waals surface area contributed by atoms with E-state index in [2.05, 4.69) is 16.0 Å². The van der Waals surface area contributed by atoms with Gasteiger partial charge in [0, 0.05) is 12.6 Å². The monoisotopic (exact) mass is 234 g/mol. The minimum absolute atomic E-state index is 0.423. The largest absolute Gasteiger partial charge is 0.370 e. The highest BCUT2D eigenvalue weighted by atomic mass is 15.3. The summed E-state index contributed by atoms with van der Waals surface area (Å²) in [6, 6.07) is 3.16. The Bertz CT molecular complexity index is 308. The van der Waals surface area contributed by atoms with Crippen molar-refractivity contribution in [1.82, 2.24) is 4.90 Å². The molecule has 2 fully saturated rings. The van der Waals surface area contributed by atoms with E-state index in [1.54, 1.807) is 0 Å². The first-order valence-electron chi connectivity index (χ1n) is 6.78. The summed E-state index contributed by atoms with van der Waals surface area (Å²) < 4.78 is 0. The van der Waals surface area contributed by atoms with Crippen molar-refractivity contribution in [3.63, 3.8) is 0 Å². The second-order valence-corrected chi connectivity index (χ2v) is 5.11. The van der Waals surface area contributed by atoms with E-state index < -0.39 is 0 Å². The van der Waals surface area contributed by atoms with Crippen LogP contribution < -0.4 is 5.73 Å². The summed E-state index contributed by atoms with van der Waals surface area (Å²) in [6.07, 6.45) is 9.20. The van der Waals surface area contributed by atoms with Gasteiger partial charge in [-0.2, -0.15) is 5.26 Å².